The topological polar surface area (TPSA) is 66.8 Å². The van der Waals surface area contributed by atoms with Crippen LogP contribution in [0.2, 0.25) is 0 Å². The summed E-state index contributed by atoms with van der Waals surface area (Å²) in [7, 11) is -2.91. The van der Waals surface area contributed by atoms with E-state index in [1.54, 1.807) is 0 Å². The van der Waals surface area contributed by atoms with E-state index in [0.29, 0.717) is 31.1 Å². The third kappa shape index (κ3) is 2.84. The Kier molecular flexibility index (Phi) is 4.64. The van der Waals surface area contributed by atoms with Gasteiger partial charge in [-0.15, -0.1) is 0 Å². The lowest BCUT2D eigenvalue weighted by Crippen LogP contribution is -2.49. The second kappa shape index (κ2) is 6.44. The first-order chi connectivity index (χ1) is 11.1. The molecule has 4 fully saturated rings. The maximum Gasteiger partial charge on any atom is 0.212 e. The van der Waals surface area contributed by atoms with Crippen LogP contribution in [0.4, 0.5) is 0 Å². The highest BCUT2D eigenvalue weighted by molar-refractivity contribution is 7.60. The zero-order chi connectivity index (χ0) is 16.0. The first-order valence-corrected chi connectivity index (χ1v) is 11.5. The summed E-state index contributed by atoms with van der Waals surface area (Å²) in [4.78, 5) is 0. The molecule has 1 heterocycles. The Bertz CT molecular complexity index is 482. The predicted octanol–water partition coefficient (Wildman–Crippen LogP) is 3.69. The lowest BCUT2D eigenvalue weighted by molar-refractivity contribution is 0.00213. The quantitative estimate of drug-likeness (QED) is 0.713. The van der Waals surface area contributed by atoms with E-state index in [1.807, 2.05) is 0 Å². The monoisotopic (exact) mass is 342 g/mol. The largest absolute Gasteiger partial charge is 0.393 e. The Labute approximate surface area is 139 Å². The summed E-state index contributed by atoms with van der Waals surface area (Å²) in [6.07, 6.45) is 10.1. The molecule has 4 aliphatic rings. The van der Waals surface area contributed by atoms with Gasteiger partial charge in [-0.2, -0.15) is 0 Å². The minimum Gasteiger partial charge on any atom is -0.393 e. The fourth-order valence-electron chi connectivity index (χ4n) is 5.94. The molecule has 23 heavy (non-hydrogen) atoms. The summed E-state index contributed by atoms with van der Waals surface area (Å²) in [6.45, 7) is 0. The molecule has 4 rings (SSSR count). The average molecular weight is 342 g/mol. The molecule has 8 atom stereocenters. The molecule has 0 aromatic rings. The maximum absolute atomic E-state index is 14.1. The first-order valence-electron chi connectivity index (χ1n) is 9.73. The molecule has 3 saturated carbocycles. The molecule has 132 valence electrons. The van der Waals surface area contributed by atoms with E-state index in [0.717, 1.165) is 19.3 Å². The van der Waals surface area contributed by atoms with E-state index in [1.165, 1.54) is 32.1 Å². The molecule has 0 spiro atoms. The summed E-state index contributed by atoms with van der Waals surface area (Å²) in [5.41, 5.74) is -0.194. The van der Waals surface area contributed by atoms with Crippen LogP contribution < -0.4 is 0 Å². The molecule has 0 bridgehead atoms. The van der Waals surface area contributed by atoms with E-state index in [9.17, 15) is 14.8 Å². The highest BCUT2D eigenvalue weighted by Crippen LogP contribution is 2.70. The molecule has 0 aromatic heterocycles. The summed E-state index contributed by atoms with van der Waals surface area (Å²) in [6, 6.07) is 0. The molecular formula is C18H31O4P. The van der Waals surface area contributed by atoms with Gasteiger partial charge in [0.05, 0.1) is 24.0 Å². The van der Waals surface area contributed by atoms with Crippen molar-refractivity contribution in [1.82, 2.24) is 0 Å². The number of hydrogen-bond donors (Lipinski definition) is 2. The molecule has 0 amide bonds. The van der Waals surface area contributed by atoms with Crippen molar-refractivity contribution in [1.29, 1.82) is 0 Å². The van der Waals surface area contributed by atoms with Crippen LogP contribution in [0.1, 0.15) is 70.6 Å². The van der Waals surface area contributed by atoms with E-state index >= 15 is 0 Å². The standard InChI is InChI=1S/C18H31O4P/c19-12-9-10-15(20)18(11-12)23(21)17-8-4-2-6-14(17)13-5-1-3-7-16(13)22-23/h12-20H,1-11H2. The summed E-state index contributed by atoms with van der Waals surface area (Å²) in [5, 5.41) is 20.6. The van der Waals surface area contributed by atoms with Crippen LogP contribution in [-0.4, -0.2) is 39.8 Å². The molecule has 4 nitrogen and oxygen atoms in total. The third-order valence-electron chi connectivity index (χ3n) is 7.06. The van der Waals surface area contributed by atoms with Crippen LogP contribution >= 0.6 is 7.37 Å². The van der Waals surface area contributed by atoms with Crippen LogP contribution in [0.25, 0.3) is 0 Å². The van der Waals surface area contributed by atoms with Gasteiger partial charge in [-0.25, -0.2) is 0 Å². The van der Waals surface area contributed by atoms with Gasteiger partial charge in [0, 0.05) is 5.66 Å². The van der Waals surface area contributed by atoms with Gasteiger partial charge < -0.3 is 14.7 Å². The van der Waals surface area contributed by atoms with E-state index < -0.39 is 19.6 Å². The van der Waals surface area contributed by atoms with Gasteiger partial charge in [0.2, 0.25) is 7.37 Å². The predicted molar refractivity (Wildman–Crippen MR) is 89.8 cm³/mol. The minimum atomic E-state index is -2.91. The second-order valence-electron chi connectivity index (χ2n) is 8.35. The van der Waals surface area contributed by atoms with Crippen LogP contribution in [-0.2, 0) is 9.09 Å². The average Bonchev–Trinajstić information content (AvgIpc) is 2.57. The molecule has 2 N–H and O–H groups in total. The number of rotatable bonds is 1. The molecule has 1 aliphatic heterocycles. The molecule has 1 saturated heterocycles. The Hall–Kier alpha value is 0.110. The summed E-state index contributed by atoms with van der Waals surface area (Å²) in [5.74, 6) is 1.11. The smallest absolute Gasteiger partial charge is 0.212 e. The van der Waals surface area contributed by atoms with Crippen molar-refractivity contribution in [2.45, 2.75) is 100 Å². The fourth-order valence-corrected chi connectivity index (χ4v) is 10.0. The second-order valence-corrected chi connectivity index (χ2v) is 11.2. The van der Waals surface area contributed by atoms with Gasteiger partial charge in [0.25, 0.3) is 0 Å². The van der Waals surface area contributed by atoms with E-state index in [4.69, 9.17) is 4.52 Å². The first kappa shape index (κ1) is 16.6. The van der Waals surface area contributed by atoms with Gasteiger partial charge in [-0.1, -0.05) is 25.7 Å². The zero-order valence-electron chi connectivity index (χ0n) is 14.0. The Morgan fingerprint density at radius 3 is 2.30 bits per heavy atom. The molecular weight excluding hydrogens is 311 g/mol. The van der Waals surface area contributed by atoms with Crippen LogP contribution in [0.5, 0.6) is 0 Å². The lowest BCUT2D eigenvalue weighted by atomic mass is 9.71. The molecule has 5 heteroatoms. The van der Waals surface area contributed by atoms with Crippen molar-refractivity contribution in [2.75, 3.05) is 0 Å². The van der Waals surface area contributed by atoms with E-state index in [-0.39, 0.29) is 17.4 Å². The number of aliphatic hydroxyl groups excluding tert-OH is 2. The maximum atomic E-state index is 14.1. The minimum absolute atomic E-state index is 0.139. The lowest BCUT2D eigenvalue weighted by Gasteiger charge is -2.53. The summed E-state index contributed by atoms with van der Waals surface area (Å²) >= 11 is 0. The van der Waals surface area contributed by atoms with Crippen LogP contribution in [0.15, 0.2) is 0 Å². The van der Waals surface area contributed by atoms with Gasteiger partial charge in [-0.05, 0) is 56.8 Å². The van der Waals surface area contributed by atoms with Crippen molar-refractivity contribution in [2.24, 2.45) is 11.8 Å². The number of hydrogen-bond acceptors (Lipinski definition) is 4. The Morgan fingerprint density at radius 2 is 1.48 bits per heavy atom. The Balaban J connectivity index is 1.66. The molecule has 0 radical (unpaired) electrons. The molecule has 8 unspecified atom stereocenters. The van der Waals surface area contributed by atoms with Crippen molar-refractivity contribution in [3.05, 3.63) is 0 Å². The SMILES string of the molecule is O=P1(C2CC(O)CCC2O)OC2CCCCC2C2CCCCC21. The van der Waals surface area contributed by atoms with Gasteiger partial charge >= 0.3 is 0 Å². The normalized spacial score (nSPS) is 54.1. The number of aliphatic hydroxyl groups is 2. The van der Waals surface area contributed by atoms with E-state index in [2.05, 4.69) is 0 Å². The van der Waals surface area contributed by atoms with Gasteiger partial charge in [0.15, 0.2) is 0 Å². The van der Waals surface area contributed by atoms with Crippen LogP contribution in [0.3, 0.4) is 0 Å². The third-order valence-corrected chi connectivity index (χ3v) is 10.7. The van der Waals surface area contributed by atoms with Crippen molar-refractivity contribution >= 4 is 7.37 Å². The highest BCUT2D eigenvalue weighted by atomic mass is 31.2. The van der Waals surface area contributed by atoms with Gasteiger partial charge in [0.1, 0.15) is 0 Å². The van der Waals surface area contributed by atoms with Gasteiger partial charge in [-0.3, -0.25) is 4.57 Å². The highest BCUT2D eigenvalue weighted by Gasteiger charge is 2.57. The number of fused-ring (bicyclic) bond motifs is 3. The van der Waals surface area contributed by atoms with Crippen molar-refractivity contribution in [3.8, 4) is 0 Å². The fraction of sp³-hybridized carbons (Fsp3) is 1.00. The van der Waals surface area contributed by atoms with Crippen molar-refractivity contribution < 1.29 is 19.3 Å². The zero-order valence-corrected chi connectivity index (χ0v) is 14.9. The molecule has 3 aliphatic carbocycles. The van der Waals surface area contributed by atoms with Crippen LogP contribution in [0, 0.1) is 11.8 Å². The van der Waals surface area contributed by atoms with Crippen molar-refractivity contribution in [3.63, 3.8) is 0 Å². The molecule has 0 aromatic carbocycles. The summed E-state index contributed by atoms with van der Waals surface area (Å²) < 4.78 is 20.5. The Morgan fingerprint density at radius 1 is 0.783 bits per heavy atom.